The number of ether oxygens (including phenoxy) is 2. The summed E-state index contributed by atoms with van der Waals surface area (Å²) in [6.45, 7) is 4.08. The molecule has 5 heteroatoms. The van der Waals surface area contributed by atoms with Crippen LogP contribution in [-0.2, 0) is 19.1 Å². The van der Waals surface area contributed by atoms with Gasteiger partial charge in [0.15, 0.2) is 0 Å². The van der Waals surface area contributed by atoms with Crippen molar-refractivity contribution in [1.82, 2.24) is 0 Å². The number of hydrogen-bond donors (Lipinski definition) is 0. The number of rotatable bonds is 5. The molecule has 0 spiro atoms. The molecule has 1 radical (unpaired) electrons. The van der Waals surface area contributed by atoms with Crippen molar-refractivity contribution in [1.29, 1.82) is 0 Å². The van der Waals surface area contributed by atoms with Crippen molar-refractivity contribution in [2.24, 2.45) is 0 Å². The molecular weight excluding hydrogens is 239 g/mol. The van der Waals surface area contributed by atoms with Gasteiger partial charge in [-0.1, -0.05) is 0 Å². The van der Waals surface area contributed by atoms with E-state index in [-0.39, 0.29) is 12.4 Å². The van der Waals surface area contributed by atoms with Crippen molar-refractivity contribution < 1.29 is 19.1 Å². The first kappa shape index (κ1) is 12.5. The van der Waals surface area contributed by atoms with Crippen LogP contribution in [0.5, 0.6) is 0 Å². The van der Waals surface area contributed by atoms with Crippen LogP contribution in [0, 0.1) is 0 Å². The number of esters is 2. The van der Waals surface area contributed by atoms with E-state index < -0.39 is 10.8 Å². The SMILES string of the molecule is CCOC(=O)CC([Se])C(=O)OCC. The van der Waals surface area contributed by atoms with Crippen molar-refractivity contribution in [2.45, 2.75) is 25.1 Å². The summed E-state index contributed by atoms with van der Waals surface area (Å²) in [5.41, 5.74) is 0. The van der Waals surface area contributed by atoms with E-state index in [1.807, 2.05) is 0 Å². The Bertz CT molecular complexity index is 181. The van der Waals surface area contributed by atoms with Crippen molar-refractivity contribution >= 4 is 28.0 Å². The molecule has 0 aliphatic heterocycles. The molecule has 0 fully saturated rings. The van der Waals surface area contributed by atoms with Gasteiger partial charge in [0.25, 0.3) is 0 Å². The fourth-order valence-corrected chi connectivity index (χ4v) is 1.12. The molecule has 0 aliphatic carbocycles. The fourth-order valence-electron chi connectivity index (χ4n) is 0.690. The summed E-state index contributed by atoms with van der Waals surface area (Å²) in [6.07, 6.45) is 0.0344. The van der Waals surface area contributed by atoms with Crippen LogP contribution in [0.4, 0.5) is 0 Å². The molecule has 0 N–H and O–H groups in total. The van der Waals surface area contributed by atoms with E-state index >= 15 is 0 Å². The van der Waals surface area contributed by atoms with Crippen LogP contribution < -0.4 is 0 Å². The molecule has 0 aliphatic rings. The van der Waals surface area contributed by atoms with Crippen molar-refractivity contribution in [3.05, 3.63) is 0 Å². The van der Waals surface area contributed by atoms with Gasteiger partial charge in [-0.25, -0.2) is 0 Å². The normalized spacial score (nSPS) is 11.9. The zero-order valence-electron chi connectivity index (χ0n) is 7.74. The fraction of sp³-hybridized carbons (Fsp3) is 0.750. The predicted molar refractivity (Wildman–Crippen MR) is 47.4 cm³/mol. The molecule has 0 aromatic rings. The summed E-state index contributed by atoms with van der Waals surface area (Å²) in [4.78, 5) is 21.4. The minimum atomic E-state index is -0.543. The minimum absolute atomic E-state index is 0.0344. The van der Waals surface area contributed by atoms with Crippen LogP contribution in [0.15, 0.2) is 0 Å². The molecule has 0 rings (SSSR count). The Kier molecular flexibility index (Phi) is 6.63. The Hall–Kier alpha value is -0.541. The van der Waals surface area contributed by atoms with Gasteiger partial charge in [0.05, 0.1) is 0 Å². The molecule has 1 atom stereocenters. The predicted octanol–water partition coefficient (Wildman–Crippen LogP) is 0.460. The van der Waals surface area contributed by atoms with Crippen LogP contribution in [0.2, 0.25) is 4.82 Å². The topological polar surface area (TPSA) is 52.6 Å². The average Bonchev–Trinajstić information content (AvgIpc) is 2.05. The van der Waals surface area contributed by atoms with Gasteiger partial charge >= 0.3 is 85.3 Å². The van der Waals surface area contributed by atoms with E-state index in [2.05, 4.69) is 20.7 Å². The molecule has 0 saturated heterocycles. The number of carbonyl (C=O) groups is 2. The van der Waals surface area contributed by atoms with Crippen LogP contribution in [0.25, 0.3) is 0 Å². The summed E-state index contributed by atoms with van der Waals surface area (Å²) < 4.78 is 9.38. The van der Waals surface area contributed by atoms with Crippen molar-refractivity contribution in [3.8, 4) is 0 Å². The Labute approximate surface area is 85.8 Å². The van der Waals surface area contributed by atoms with Gasteiger partial charge in [-0.2, -0.15) is 0 Å². The quantitative estimate of drug-likeness (QED) is 0.527. The second kappa shape index (κ2) is 6.92. The molecule has 0 bridgehead atoms. The van der Waals surface area contributed by atoms with E-state index in [9.17, 15) is 9.59 Å². The Morgan fingerprint density at radius 2 is 1.77 bits per heavy atom. The van der Waals surface area contributed by atoms with E-state index in [1.54, 1.807) is 13.8 Å². The third-order valence-corrected chi connectivity index (χ3v) is 1.96. The Morgan fingerprint density at radius 1 is 1.23 bits per heavy atom. The van der Waals surface area contributed by atoms with Gasteiger partial charge in [-0.3, -0.25) is 0 Å². The summed E-state index contributed by atoms with van der Waals surface area (Å²) in [7, 11) is 0. The standard InChI is InChI=1S/C8H13O4Se/c1-3-11-7(9)5-6(13)8(10)12-4-2/h6H,3-5H2,1-2H3. The first-order valence-electron chi connectivity index (χ1n) is 4.09. The number of carbonyl (C=O) groups excluding carboxylic acids is 2. The number of hydrogen-bond acceptors (Lipinski definition) is 4. The van der Waals surface area contributed by atoms with Gasteiger partial charge in [-0.15, -0.1) is 0 Å². The van der Waals surface area contributed by atoms with Gasteiger partial charge in [0, 0.05) is 0 Å². The monoisotopic (exact) mass is 253 g/mol. The first-order valence-corrected chi connectivity index (χ1v) is 5.08. The van der Waals surface area contributed by atoms with Gasteiger partial charge in [-0.05, 0) is 0 Å². The summed E-state index contributed by atoms with van der Waals surface area (Å²) >= 11 is 2.58. The second-order valence-electron chi connectivity index (χ2n) is 2.25. The molecule has 0 amide bonds. The molecule has 0 saturated carbocycles. The molecule has 0 aromatic carbocycles. The van der Waals surface area contributed by atoms with Crippen LogP contribution in [0.3, 0.4) is 0 Å². The summed E-state index contributed by atoms with van der Waals surface area (Å²) in [6, 6.07) is 0. The van der Waals surface area contributed by atoms with Crippen molar-refractivity contribution in [2.75, 3.05) is 13.2 Å². The molecule has 75 valence electrons. The van der Waals surface area contributed by atoms with Crippen LogP contribution in [-0.4, -0.2) is 41.2 Å². The molecule has 1 unspecified atom stereocenters. The first-order chi connectivity index (χ1) is 6.11. The summed E-state index contributed by atoms with van der Waals surface area (Å²) in [5.74, 6) is -0.796. The molecule has 0 heterocycles. The van der Waals surface area contributed by atoms with Gasteiger partial charge in [0.1, 0.15) is 0 Å². The van der Waals surface area contributed by atoms with E-state index in [1.165, 1.54) is 0 Å². The maximum atomic E-state index is 11.0. The average molecular weight is 252 g/mol. The Balaban J connectivity index is 3.78. The zero-order chi connectivity index (χ0) is 10.3. The van der Waals surface area contributed by atoms with Gasteiger partial charge in [0.2, 0.25) is 0 Å². The third-order valence-electron chi connectivity index (χ3n) is 1.21. The van der Waals surface area contributed by atoms with Crippen LogP contribution in [0.1, 0.15) is 20.3 Å². The molecule has 4 nitrogen and oxygen atoms in total. The second-order valence-corrected chi connectivity index (χ2v) is 3.44. The molecule has 13 heavy (non-hydrogen) atoms. The van der Waals surface area contributed by atoms with Crippen LogP contribution >= 0.6 is 0 Å². The molecule has 0 aromatic heterocycles. The van der Waals surface area contributed by atoms with Crippen molar-refractivity contribution in [3.63, 3.8) is 0 Å². The van der Waals surface area contributed by atoms with E-state index in [0.717, 1.165) is 0 Å². The maximum absolute atomic E-state index is 11.0. The Morgan fingerprint density at radius 3 is 2.23 bits per heavy atom. The summed E-state index contributed by atoms with van der Waals surface area (Å²) in [5, 5.41) is 0. The zero-order valence-corrected chi connectivity index (χ0v) is 9.45. The molecular formula is C8H13O4Se. The van der Waals surface area contributed by atoms with E-state index in [4.69, 9.17) is 4.74 Å². The van der Waals surface area contributed by atoms with E-state index in [0.29, 0.717) is 13.2 Å². The van der Waals surface area contributed by atoms with Gasteiger partial charge < -0.3 is 0 Å². The third kappa shape index (κ3) is 5.66.